The number of hydrogen-bond donors (Lipinski definition) is 1. The summed E-state index contributed by atoms with van der Waals surface area (Å²) in [6.07, 6.45) is 5.22. The summed E-state index contributed by atoms with van der Waals surface area (Å²) in [6, 6.07) is 4.55. The minimum absolute atomic E-state index is 0.995. The van der Waals surface area contributed by atoms with Gasteiger partial charge in [-0.3, -0.25) is 4.90 Å². The second-order valence-electron chi connectivity index (χ2n) is 4.88. The number of rotatable bonds is 10. The summed E-state index contributed by atoms with van der Waals surface area (Å²) in [5.41, 5.74) is 0. The van der Waals surface area contributed by atoms with Crippen LogP contribution in [0.2, 0.25) is 0 Å². The van der Waals surface area contributed by atoms with Crippen LogP contribution in [-0.4, -0.2) is 25.0 Å². The zero-order chi connectivity index (χ0) is 13.2. The summed E-state index contributed by atoms with van der Waals surface area (Å²) in [5.74, 6) is 0. The molecule has 0 aliphatic rings. The lowest BCUT2D eigenvalue weighted by atomic mass is 10.2. The quantitative estimate of drug-likeness (QED) is 0.693. The molecule has 0 fully saturated rings. The van der Waals surface area contributed by atoms with Gasteiger partial charge < -0.3 is 5.32 Å². The van der Waals surface area contributed by atoms with Gasteiger partial charge in [0.25, 0.3) is 0 Å². The van der Waals surface area contributed by atoms with E-state index >= 15 is 0 Å². The smallest absolute Gasteiger partial charge is 0.0328 e. The fourth-order valence-corrected chi connectivity index (χ4v) is 3.10. The van der Waals surface area contributed by atoms with Crippen molar-refractivity contribution in [1.82, 2.24) is 10.2 Å². The summed E-state index contributed by atoms with van der Waals surface area (Å²) in [7, 11) is 2.01. The second-order valence-corrected chi connectivity index (χ2v) is 6.13. The Hall–Kier alpha value is -0.380. The molecule has 0 unspecified atom stereocenters. The van der Waals surface area contributed by atoms with E-state index in [4.69, 9.17) is 0 Å². The molecule has 1 N–H and O–H groups in total. The minimum atomic E-state index is 0.995. The minimum Gasteiger partial charge on any atom is -0.315 e. The maximum Gasteiger partial charge on any atom is 0.0328 e. The van der Waals surface area contributed by atoms with Gasteiger partial charge in [0, 0.05) is 22.8 Å². The molecule has 1 aromatic heterocycles. The number of thiophene rings is 1. The fraction of sp³-hybridized carbons (Fsp3) is 0.733. The molecule has 0 saturated carbocycles. The van der Waals surface area contributed by atoms with Gasteiger partial charge in [0.05, 0.1) is 0 Å². The zero-order valence-corrected chi connectivity index (χ0v) is 13.0. The molecule has 0 amide bonds. The fourth-order valence-electron chi connectivity index (χ4n) is 2.03. The highest BCUT2D eigenvalue weighted by atomic mass is 32.1. The Bertz CT molecular complexity index is 301. The lowest BCUT2D eigenvalue weighted by molar-refractivity contribution is 0.259. The maximum absolute atomic E-state index is 3.22. The van der Waals surface area contributed by atoms with E-state index in [1.54, 1.807) is 0 Å². The van der Waals surface area contributed by atoms with E-state index in [0.717, 1.165) is 13.1 Å². The Kier molecular flexibility index (Phi) is 8.31. The molecule has 0 bridgehead atoms. The summed E-state index contributed by atoms with van der Waals surface area (Å²) in [4.78, 5) is 5.56. The van der Waals surface area contributed by atoms with Crippen LogP contribution in [0.1, 0.15) is 49.3 Å². The number of hydrogen-bond acceptors (Lipinski definition) is 3. The average molecular weight is 268 g/mol. The predicted molar refractivity (Wildman–Crippen MR) is 82.2 cm³/mol. The van der Waals surface area contributed by atoms with E-state index in [-0.39, 0.29) is 0 Å². The van der Waals surface area contributed by atoms with Crippen molar-refractivity contribution in [2.75, 3.05) is 20.1 Å². The zero-order valence-electron chi connectivity index (χ0n) is 12.2. The molecule has 0 aliphatic carbocycles. The van der Waals surface area contributed by atoms with Gasteiger partial charge in [0.2, 0.25) is 0 Å². The third-order valence-corrected chi connectivity index (χ3v) is 4.17. The normalized spacial score (nSPS) is 11.3. The molecule has 104 valence electrons. The van der Waals surface area contributed by atoms with Crippen molar-refractivity contribution in [3.8, 4) is 0 Å². The lowest BCUT2D eigenvalue weighted by Crippen LogP contribution is -2.25. The first-order valence-electron chi connectivity index (χ1n) is 7.24. The molecule has 3 heteroatoms. The highest BCUT2D eigenvalue weighted by Gasteiger charge is 2.07. The Balaban J connectivity index is 2.46. The number of unbranched alkanes of at least 4 members (excludes halogenated alkanes) is 2. The first-order valence-corrected chi connectivity index (χ1v) is 8.06. The van der Waals surface area contributed by atoms with Gasteiger partial charge in [0.1, 0.15) is 0 Å². The van der Waals surface area contributed by atoms with E-state index in [1.165, 1.54) is 48.5 Å². The highest BCUT2D eigenvalue weighted by Crippen LogP contribution is 2.18. The van der Waals surface area contributed by atoms with Gasteiger partial charge in [-0.1, -0.05) is 26.7 Å². The van der Waals surface area contributed by atoms with Crippen molar-refractivity contribution in [2.45, 2.75) is 52.6 Å². The van der Waals surface area contributed by atoms with E-state index in [9.17, 15) is 0 Å². The molecule has 1 rings (SSSR count). The van der Waals surface area contributed by atoms with Gasteiger partial charge in [-0.15, -0.1) is 11.3 Å². The van der Waals surface area contributed by atoms with Crippen LogP contribution in [0.4, 0.5) is 0 Å². The van der Waals surface area contributed by atoms with Crippen LogP contribution in [0.15, 0.2) is 12.1 Å². The summed E-state index contributed by atoms with van der Waals surface area (Å²) in [6.45, 7) is 9.16. The van der Waals surface area contributed by atoms with Crippen molar-refractivity contribution in [2.24, 2.45) is 0 Å². The molecule has 2 nitrogen and oxygen atoms in total. The molecule has 18 heavy (non-hydrogen) atoms. The molecule has 0 aromatic carbocycles. The van der Waals surface area contributed by atoms with Crippen molar-refractivity contribution >= 4 is 11.3 Å². The summed E-state index contributed by atoms with van der Waals surface area (Å²) < 4.78 is 0. The van der Waals surface area contributed by atoms with Crippen molar-refractivity contribution in [3.05, 3.63) is 21.9 Å². The van der Waals surface area contributed by atoms with E-state index < -0.39 is 0 Å². The largest absolute Gasteiger partial charge is 0.315 e. The molecule has 0 spiro atoms. The topological polar surface area (TPSA) is 15.3 Å². The maximum atomic E-state index is 3.22. The van der Waals surface area contributed by atoms with E-state index in [1.807, 2.05) is 18.4 Å². The van der Waals surface area contributed by atoms with Crippen LogP contribution in [0, 0.1) is 0 Å². The van der Waals surface area contributed by atoms with Crippen LogP contribution in [-0.2, 0) is 13.1 Å². The Morgan fingerprint density at radius 2 is 1.67 bits per heavy atom. The third-order valence-electron chi connectivity index (χ3n) is 3.10. The Morgan fingerprint density at radius 1 is 1.06 bits per heavy atom. The van der Waals surface area contributed by atoms with Crippen molar-refractivity contribution in [1.29, 1.82) is 0 Å². The monoisotopic (exact) mass is 268 g/mol. The van der Waals surface area contributed by atoms with Crippen molar-refractivity contribution in [3.63, 3.8) is 0 Å². The predicted octanol–water partition coefficient (Wildman–Crippen LogP) is 3.87. The van der Waals surface area contributed by atoms with Gasteiger partial charge >= 0.3 is 0 Å². The van der Waals surface area contributed by atoms with Crippen LogP contribution in [0.3, 0.4) is 0 Å². The van der Waals surface area contributed by atoms with Crippen LogP contribution >= 0.6 is 11.3 Å². The van der Waals surface area contributed by atoms with Crippen LogP contribution in [0.5, 0.6) is 0 Å². The first-order chi connectivity index (χ1) is 8.80. The van der Waals surface area contributed by atoms with E-state index in [0.29, 0.717) is 0 Å². The third kappa shape index (κ3) is 5.98. The molecule has 0 atom stereocenters. The van der Waals surface area contributed by atoms with Crippen LogP contribution < -0.4 is 5.32 Å². The summed E-state index contributed by atoms with van der Waals surface area (Å²) >= 11 is 1.95. The standard InChI is InChI=1S/C15H28N2S/c1-4-6-10-17(11-7-5-2)13-15-9-8-14(18-15)12-16-3/h8-9,16H,4-7,10-13H2,1-3H3. The molecular weight excluding hydrogens is 240 g/mol. The molecular formula is C15H28N2S. The first kappa shape index (κ1) is 15.7. The molecule has 1 aromatic rings. The van der Waals surface area contributed by atoms with E-state index in [2.05, 4.69) is 36.2 Å². The average Bonchev–Trinajstić information content (AvgIpc) is 2.80. The van der Waals surface area contributed by atoms with Gasteiger partial charge in [-0.05, 0) is 45.1 Å². The second kappa shape index (κ2) is 9.54. The Morgan fingerprint density at radius 3 is 2.22 bits per heavy atom. The number of nitrogens with zero attached hydrogens (tertiary/aromatic N) is 1. The molecule has 1 heterocycles. The SMILES string of the molecule is CCCCN(CCCC)Cc1ccc(CNC)s1. The Labute approximate surface area is 116 Å². The van der Waals surface area contributed by atoms with Gasteiger partial charge in [-0.2, -0.15) is 0 Å². The summed E-state index contributed by atoms with van der Waals surface area (Å²) in [5, 5.41) is 3.22. The molecule has 0 saturated heterocycles. The lowest BCUT2D eigenvalue weighted by Gasteiger charge is -2.21. The van der Waals surface area contributed by atoms with Crippen molar-refractivity contribution < 1.29 is 0 Å². The van der Waals surface area contributed by atoms with Crippen LogP contribution in [0.25, 0.3) is 0 Å². The van der Waals surface area contributed by atoms with Gasteiger partial charge in [0.15, 0.2) is 0 Å². The molecule has 0 radical (unpaired) electrons. The molecule has 0 aliphatic heterocycles. The highest BCUT2D eigenvalue weighted by molar-refractivity contribution is 7.11. The number of nitrogens with one attached hydrogen (secondary N) is 1. The van der Waals surface area contributed by atoms with Gasteiger partial charge in [-0.25, -0.2) is 0 Å².